The van der Waals surface area contributed by atoms with E-state index in [-0.39, 0.29) is 10.9 Å². The van der Waals surface area contributed by atoms with Crippen LogP contribution in [0.25, 0.3) is 38.5 Å². The third-order valence-corrected chi connectivity index (χ3v) is 15.4. The third-order valence-electron chi connectivity index (χ3n) is 12.9. The van der Waals surface area contributed by atoms with Gasteiger partial charge in [0.05, 0.1) is 35.1 Å². The van der Waals surface area contributed by atoms with Gasteiger partial charge >= 0.3 is 14.5 Å². The maximum absolute atomic E-state index is 9.75. The van der Waals surface area contributed by atoms with E-state index < -0.39 is 14.5 Å². The smallest absolute Gasteiger partial charge is 0.493 e. The quantitative estimate of drug-likeness (QED) is 0.0250. The Kier molecular flexibility index (Phi) is 19.4. The molecule has 0 saturated heterocycles. The Bertz CT molecular complexity index is 3120. The van der Waals surface area contributed by atoms with E-state index in [2.05, 4.69) is 182 Å². The summed E-state index contributed by atoms with van der Waals surface area (Å²) in [6, 6.07) is 45.0. The van der Waals surface area contributed by atoms with E-state index in [0.29, 0.717) is 0 Å². The molecule has 0 N–H and O–H groups in total. The summed E-state index contributed by atoms with van der Waals surface area (Å²) in [4.78, 5) is 4.14. The summed E-state index contributed by atoms with van der Waals surface area (Å²) >= 11 is 0. The van der Waals surface area contributed by atoms with Crippen LogP contribution >= 0.6 is 0 Å². The maximum Gasteiger partial charge on any atom is 0.673 e. The number of halogens is 8. The van der Waals surface area contributed by atoms with Gasteiger partial charge in [-0.25, -0.2) is 0 Å². The SMILES string of the molecule is CCCCOc1ccc2c3c(cccc13)C(C=CC1=C([S+](c3ccccc3)c3ccccc3)C(=CC=c3c4cccc5c(OCCCC)ccc(c54)n3CCCC)CC1)=[N+]2CCCC.F[B-](F)(F)F.F[B-](F)(F)F. The van der Waals surface area contributed by atoms with Crippen LogP contribution in [0, 0.1) is 0 Å². The number of allylic oxidation sites excluding steroid dienone is 5. The Hall–Kier alpha value is -6.21. The minimum absolute atomic E-state index is 0.311. The monoisotopic (exact) mass is 1040 g/mol. The van der Waals surface area contributed by atoms with Crippen molar-refractivity contribution in [2.45, 2.75) is 108 Å². The van der Waals surface area contributed by atoms with E-state index in [1.54, 1.807) is 0 Å². The van der Waals surface area contributed by atoms with Gasteiger partial charge in [0.2, 0.25) is 11.4 Å². The molecule has 1 aliphatic carbocycles. The molecule has 9 rings (SSSR count). The van der Waals surface area contributed by atoms with E-state index >= 15 is 0 Å². The molecule has 4 nitrogen and oxygen atoms in total. The summed E-state index contributed by atoms with van der Waals surface area (Å²) in [5.41, 5.74) is 8.01. The second kappa shape index (κ2) is 25.8. The predicted molar refractivity (Wildman–Crippen MR) is 293 cm³/mol. The minimum atomic E-state index is -6.00. The van der Waals surface area contributed by atoms with Gasteiger partial charge in [0.1, 0.15) is 18.0 Å². The maximum atomic E-state index is 9.75. The Morgan fingerprint density at radius 3 is 1.68 bits per heavy atom. The number of unbranched alkanes of at least 4 members (excludes halogenated alkanes) is 4. The number of aryl methyl sites for hydroxylation is 1. The molecule has 1 aliphatic heterocycles. The van der Waals surface area contributed by atoms with Crippen molar-refractivity contribution in [2.24, 2.45) is 0 Å². The summed E-state index contributed by atoms with van der Waals surface area (Å²) in [6.07, 6.45) is 20.7. The summed E-state index contributed by atoms with van der Waals surface area (Å²) in [5, 5.41) is 7.63. The van der Waals surface area contributed by atoms with Crippen molar-refractivity contribution in [1.29, 1.82) is 0 Å². The lowest BCUT2D eigenvalue weighted by Gasteiger charge is -2.11. The van der Waals surface area contributed by atoms with Crippen LogP contribution < -0.4 is 14.8 Å². The van der Waals surface area contributed by atoms with E-state index in [9.17, 15) is 34.5 Å². The number of rotatable bonds is 20. The van der Waals surface area contributed by atoms with Crippen molar-refractivity contribution >= 4 is 75.3 Å². The third kappa shape index (κ3) is 13.9. The van der Waals surface area contributed by atoms with Gasteiger partial charge in [-0.15, -0.1) is 0 Å². The zero-order valence-corrected chi connectivity index (χ0v) is 43.4. The number of ether oxygens (including phenoxy) is 2. The summed E-state index contributed by atoms with van der Waals surface area (Å²) in [5.74, 6) is 1.98. The molecule has 2 aliphatic rings. The molecule has 0 radical (unpaired) electrons. The number of benzene rings is 6. The highest BCUT2D eigenvalue weighted by atomic mass is 32.2. The lowest BCUT2D eigenvalue weighted by atomic mass is 10.0. The molecule has 0 atom stereocenters. The van der Waals surface area contributed by atoms with Crippen molar-refractivity contribution in [3.8, 4) is 11.5 Å². The van der Waals surface area contributed by atoms with Crippen LogP contribution in [0.5, 0.6) is 11.5 Å². The van der Waals surface area contributed by atoms with Crippen LogP contribution in [0.15, 0.2) is 165 Å². The largest absolute Gasteiger partial charge is 0.673 e. The topological polar surface area (TPSA) is 26.4 Å². The van der Waals surface area contributed by atoms with Crippen LogP contribution in [-0.2, 0) is 17.4 Å². The second-order valence-corrected chi connectivity index (χ2v) is 20.2. The van der Waals surface area contributed by atoms with Gasteiger partial charge in [-0.3, -0.25) is 0 Å². The summed E-state index contributed by atoms with van der Waals surface area (Å²) in [7, 11) is -12.3. The Morgan fingerprint density at radius 2 is 1.09 bits per heavy atom. The number of nitrogens with zero attached hydrogens (tertiary/aromatic N) is 2. The van der Waals surface area contributed by atoms with E-state index in [0.717, 1.165) is 102 Å². The molecule has 0 saturated carbocycles. The van der Waals surface area contributed by atoms with E-state index in [1.807, 2.05) is 0 Å². The lowest BCUT2D eigenvalue weighted by Crippen LogP contribution is -2.16. The van der Waals surface area contributed by atoms with Crippen molar-refractivity contribution < 1.29 is 48.6 Å². The molecule has 7 aromatic rings. The molecular formula is C59H64B2F8N2O2S. The Morgan fingerprint density at radius 1 is 0.554 bits per heavy atom. The second-order valence-electron chi connectivity index (χ2n) is 18.3. The first kappa shape index (κ1) is 55.5. The lowest BCUT2D eigenvalue weighted by molar-refractivity contribution is -0.436. The van der Waals surface area contributed by atoms with Crippen LogP contribution in [0.2, 0.25) is 0 Å². The van der Waals surface area contributed by atoms with Crippen LogP contribution in [0.4, 0.5) is 40.2 Å². The van der Waals surface area contributed by atoms with Crippen LogP contribution in [0.3, 0.4) is 0 Å². The molecule has 0 spiro atoms. The van der Waals surface area contributed by atoms with Gasteiger partial charge in [0.25, 0.3) is 0 Å². The zero-order valence-electron chi connectivity index (χ0n) is 42.6. The zero-order chi connectivity index (χ0) is 52.8. The fourth-order valence-electron chi connectivity index (χ4n) is 9.66. The fourth-order valence-corrected chi connectivity index (χ4v) is 12.1. The average Bonchev–Trinajstić information content (AvgIpc) is 4.02. The Labute approximate surface area is 432 Å². The van der Waals surface area contributed by atoms with Gasteiger partial charge in [-0.2, -0.15) is 4.58 Å². The molecule has 0 bridgehead atoms. The molecule has 6 aromatic carbocycles. The van der Waals surface area contributed by atoms with E-state index in [4.69, 9.17) is 9.47 Å². The predicted octanol–water partition coefficient (Wildman–Crippen LogP) is 17.4. The van der Waals surface area contributed by atoms with Gasteiger partial charge < -0.3 is 48.6 Å². The normalized spacial score (nSPS) is 14.6. The van der Waals surface area contributed by atoms with Gasteiger partial charge in [-0.1, -0.05) is 126 Å². The van der Waals surface area contributed by atoms with Crippen molar-refractivity contribution in [3.63, 3.8) is 0 Å². The van der Waals surface area contributed by atoms with Crippen molar-refractivity contribution in [1.82, 2.24) is 4.57 Å². The molecule has 0 unspecified atom stereocenters. The highest BCUT2D eigenvalue weighted by Gasteiger charge is 2.39. The highest BCUT2D eigenvalue weighted by molar-refractivity contribution is 8.01. The average molecular weight is 1040 g/mol. The standard InChI is InChI=1S/C59H64N2O2S.2BF4/c1-5-9-39-60-51(47-25-19-27-49-55(62-41-11-7-3)37-35-53(60)57(47)49)33-31-43-29-30-44(59(43)64(45-21-15-13-16-22-45)46-23-17-14-18-24-46)32-34-52-48-26-20-28-50-56(63-42-12-8-4)38-36-54(58(48)50)61(52)40-10-6-2;2*2-1(3,4)5/h13-28,31-38H,5-12,29-30,39-42H2,1-4H3;;/q+2;2*-1. The molecule has 15 heteroatoms. The molecule has 0 amide bonds. The number of aromatic nitrogens is 1. The molecule has 390 valence electrons. The minimum Gasteiger partial charge on any atom is -0.493 e. The van der Waals surface area contributed by atoms with Crippen molar-refractivity contribution in [3.05, 3.63) is 167 Å². The van der Waals surface area contributed by atoms with Gasteiger partial charge in [-0.05, 0) is 92.8 Å². The molecular weight excluding hydrogens is 974 g/mol. The molecule has 0 fully saturated rings. The number of hydrogen-bond donors (Lipinski definition) is 0. The fraction of sp³-hybridized carbons (Fsp3) is 0.305. The first-order valence-corrected chi connectivity index (χ1v) is 27.1. The Balaban J connectivity index is 0.000000732. The van der Waals surface area contributed by atoms with Gasteiger partial charge in [0, 0.05) is 68.7 Å². The summed E-state index contributed by atoms with van der Waals surface area (Å²) < 4.78 is 95.9. The first-order chi connectivity index (χ1) is 35.6. The first-order valence-electron chi connectivity index (χ1n) is 25.9. The van der Waals surface area contributed by atoms with Crippen LogP contribution in [-0.4, -0.2) is 49.1 Å². The molecule has 1 aromatic heterocycles. The molecule has 74 heavy (non-hydrogen) atoms. The van der Waals surface area contributed by atoms with Crippen molar-refractivity contribution in [2.75, 3.05) is 19.8 Å². The summed E-state index contributed by atoms with van der Waals surface area (Å²) in [6.45, 7) is 12.5. The van der Waals surface area contributed by atoms with Crippen LogP contribution in [0.1, 0.15) is 97.5 Å². The van der Waals surface area contributed by atoms with E-state index in [1.165, 1.54) is 80.6 Å². The van der Waals surface area contributed by atoms with Gasteiger partial charge in [0.15, 0.2) is 14.7 Å². The molecule has 2 heterocycles. The number of hydrogen-bond acceptors (Lipinski definition) is 2. The highest BCUT2D eigenvalue weighted by Crippen LogP contribution is 2.45.